The van der Waals surface area contributed by atoms with Gasteiger partial charge in [-0.25, -0.2) is 4.79 Å². The Morgan fingerprint density at radius 1 is 1.30 bits per heavy atom. The predicted octanol–water partition coefficient (Wildman–Crippen LogP) is 1.07. The molecule has 0 fully saturated rings. The summed E-state index contributed by atoms with van der Waals surface area (Å²) in [4.78, 5) is 23.3. The fraction of sp³-hybridized carbons (Fsp3) is 0.154. The highest BCUT2D eigenvalue weighted by Gasteiger charge is 2.22. The highest BCUT2D eigenvalue weighted by molar-refractivity contribution is 5.96. The molecule has 104 valence electrons. The van der Waals surface area contributed by atoms with Crippen LogP contribution in [0.1, 0.15) is 17.3 Å². The fourth-order valence-electron chi connectivity index (χ4n) is 1.77. The van der Waals surface area contributed by atoms with E-state index >= 15 is 0 Å². The second kappa shape index (κ2) is 5.87. The topological polar surface area (TPSA) is 113 Å². The molecule has 0 spiro atoms. The smallest absolute Gasteiger partial charge is 0.313 e. The van der Waals surface area contributed by atoms with Crippen LogP contribution in [-0.2, 0) is 4.79 Å². The number of aromatic nitrogens is 2. The van der Waals surface area contributed by atoms with Crippen molar-refractivity contribution in [3.8, 4) is 0 Å². The first-order valence-electron chi connectivity index (χ1n) is 6.00. The third kappa shape index (κ3) is 3.35. The van der Waals surface area contributed by atoms with E-state index in [1.165, 1.54) is 0 Å². The Kier molecular flexibility index (Phi) is 3.99. The molecule has 0 saturated carbocycles. The molecule has 7 heteroatoms. The summed E-state index contributed by atoms with van der Waals surface area (Å²) in [5.74, 6) is -0.0267. The van der Waals surface area contributed by atoms with Crippen molar-refractivity contribution in [3.05, 3.63) is 47.7 Å². The number of hydrogen-bond donors (Lipinski definition) is 4. The molecule has 0 saturated heterocycles. The summed E-state index contributed by atoms with van der Waals surface area (Å²) in [5, 5.41) is 11.7. The van der Waals surface area contributed by atoms with E-state index in [-0.39, 0.29) is 0 Å². The molecule has 1 heterocycles. The standard InChI is InChI=1S/C13H15N5O2/c1-8-7-10(18-17-8)15-12(19)11(16-13(14)20)9-5-3-2-4-6-9/h2-7,11H,1H3,(H3,14,16,20)(H2,15,17,18,19). The molecule has 0 radical (unpaired) electrons. The second-order valence-corrected chi connectivity index (χ2v) is 4.28. The number of aromatic amines is 1. The van der Waals surface area contributed by atoms with Crippen LogP contribution in [-0.4, -0.2) is 22.1 Å². The van der Waals surface area contributed by atoms with Gasteiger partial charge in [0.05, 0.1) is 0 Å². The fourth-order valence-corrected chi connectivity index (χ4v) is 1.77. The van der Waals surface area contributed by atoms with Crippen LogP contribution in [0, 0.1) is 6.92 Å². The van der Waals surface area contributed by atoms with Gasteiger partial charge in [0.15, 0.2) is 5.82 Å². The molecule has 1 aromatic carbocycles. The molecule has 1 aromatic heterocycles. The van der Waals surface area contributed by atoms with Crippen LogP contribution < -0.4 is 16.4 Å². The summed E-state index contributed by atoms with van der Waals surface area (Å²) in [6.45, 7) is 1.82. The van der Waals surface area contributed by atoms with Gasteiger partial charge in [-0.1, -0.05) is 30.3 Å². The number of nitrogens with one attached hydrogen (secondary N) is 3. The number of nitrogens with zero attached hydrogens (tertiary/aromatic N) is 1. The number of anilines is 1. The lowest BCUT2D eigenvalue weighted by Gasteiger charge is -2.16. The van der Waals surface area contributed by atoms with Gasteiger partial charge in [-0.15, -0.1) is 0 Å². The number of urea groups is 1. The molecule has 0 bridgehead atoms. The van der Waals surface area contributed by atoms with E-state index in [1.807, 2.05) is 13.0 Å². The minimum Gasteiger partial charge on any atom is -0.352 e. The number of rotatable bonds is 4. The first-order chi connectivity index (χ1) is 9.56. The van der Waals surface area contributed by atoms with Gasteiger partial charge in [0.2, 0.25) is 0 Å². The van der Waals surface area contributed by atoms with Gasteiger partial charge in [-0.05, 0) is 12.5 Å². The molecule has 20 heavy (non-hydrogen) atoms. The maximum absolute atomic E-state index is 12.2. The maximum atomic E-state index is 12.2. The van der Waals surface area contributed by atoms with E-state index < -0.39 is 18.0 Å². The number of benzene rings is 1. The number of carbonyl (C=O) groups excluding carboxylic acids is 2. The third-order valence-electron chi connectivity index (χ3n) is 2.64. The molecule has 0 aliphatic carbocycles. The van der Waals surface area contributed by atoms with E-state index in [0.29, 0.717) is 11.4 Å². The van der Waals surface area contributed by atoms with Crippen molar-refractivity contribution in [2.75, 3.05) is 5.32 Å². The molecule has 2 rings (SSSR count). The van der Waals surface area contributed by atoms with Crippen LogP contribution in [0.4, 0.5) is 10.6 Å². The number of aryl methyl sites for hydroxylation is 1. The molecule has 1 atom stereocenters. The highest BCUT2D eigenvalue weighted by Crippen LogP contribution is 2.15. The van der Waals surface area contributed by atoms with Crippen molar-refractivity contribution in [2.45, 2.75) is 13.0 Å². The third-order valence-corrected chi connectivity index (χ3v) is 2.64. The quantitative estimate of drug-likeness (QED) is 0.668. The van der Waals surface area contributed by atoms with Gasteiger partial charge < -0.3 is 16.4 Å². The highest BCUT2D eigenvalue weighted by atomic mass is 16.2. The van der Waals surface area contributed by atoms with E-state index in [4.69, 9.17) is 5.73 Å². The van der Waals surface area contributed by atoms with Crippen molar-refractivity contribution in [2.24, 2.45) is 5.73 Å². The maximum Gasteiger partial charge on any atom is 0.313 e. The number of hydrogen-bond acceptors (Lipinski definition) is 3. The van der Waals surface area contributed by atoms with Crippen molar-refractivity contribution in [3.63, 3.8) is 0 Å². The molecular weight excluding hydrogens is 258 g/mol. The number of carbonyl (C=O) groups is 2. The van der Waals surface area contributed by atoms with Crippen molar-refractivity contribution >= 4 is 17.8 Å². The SMILES string of the molecule is Cc1cc(NC(=O)C(NC(N)=O)c2ccccc2)n[nH]1. The lowest BCUT2D eigenvalue weighted by atomic mass is 10.1. The molecule has 5 N–H and O–H groups in total. The van der Waals surface area contributed by atoms with Gasteiger partial charge in [-0.2, -0.15) is 5.10 Å². The van der Waals surface area contributed by atoms with Crippen LogP contribution in [0.25, 0.3) is 0 Å². The first-order valence-corrected chi connectivity index (χ1v) is 6.00. The number of amides is 3. The Labute approximate surface area is 115 Å². The predicted molar refractivity (Wildman–Crippen MR) is 73.9 cm³/mol. The number of H-pyrrole nitrogens is 1. The molecule has 0 aliphatic heterocycles. The average Bonchev–Trinajstić information content (AvgIpc) is 2.82. The molecule has 3 amide bonds. The zero-order chi connectivity index (χ0) is 14.5. The van der Waals surface area contributed by atoms with Gasteiger partial charge in [0.1, 0.15) is 6.04 Å². The Morgan fingerprint density at radius 3 is 2.55 bits per heavy atom. The molecule has 0 aliphatic rings. The lowest BCUT2D eigenvalue weighted by molar-refractivity contribution is -0.118. The van der Waals surface area contributed by atoms with E-state index in [2.05, 4.69) is 20.8 Å². The monoisotopic (exact) mass is 273 g/mol. The minimum absolute atomic E-state index is 0.389. The molecule has 7 nitrogen and oxygen atoms in total. The number of nitrogens with two attached hydrogens (primary N) is 1. The van der Waals surface area contributed by atoms with Crippen LogP contribution in [0.2, 0.25) is 0 Å². The Morgan fingerprint density at radius 2 is 2.00 bits per heavy atom. The largest absolute Gasteiger partial charge is 0.352 e. The first kappa shape index (κ1) is 13.6. The minimum atomic E-state index is -0.870. The summed E-state index contributed by atoms with van der Waals surface area (Å²) >= 11 is 0. The van der Waals surface area contributed by atoms with E-state index in [0.717, 1.165) is 5.69 Å². The van der Waals surface area contributed by atoms with E-state index in [9.17, 15) is 9.59 Å². The second-order valence-electron chi connectivity index (χ2n) is 4.28. The van der Waals surface area contributed by atoms with Gasteiger partial charge in [-0.3, -0.25) is 9.89 Å². The lowest BCUT2D eigenvalue weighted by Crippen LogP contribution is -2.39. The van der Waals surface area contributed by atoms with Crippen LogP contribution in [0.3, 0.4) is 0 Å². The molecule has 2 aromatic rings. The Hall–Kier alpha value is -2.83. The molecular formula is C13H15N5O2. The molecule has 1 unspecified atom stereocenters. The normalized spacial score (nSPS) is 11.7. The zero-order valence-electron chi connectivity index (χ0n) is 10.9. The van der Waals surface area contributed by atoms with E-state index in [1.54, 1.807) is 30.3 Å². The van der Waals surface area contributed by atoms with Crippen LogP contribution in [0.5, 0.6) is 0 Å². The number of primary amides is 1. The summed E-state index contributed by atoms with van der Waals surface area (Å²) in [6, 6.07) is 8.88. The van der Waals surface area contributed by atoms with Gasteiger partial charge >= 0.3 is 6.03 Å². The van der Waals surface area contributed by atoms with Crippen molar-refractivity contribution in [1.29, 1.82) is 0 Å². The van der Waals surface area contributed by atoms with Gasteiger partial charge in [0.25, 0.3) is 5.91 Å². The van der Waals surface area contributed by atoms with Crippen molar-refractivity contribution in [1.82, 2.24) is 15.5 Å². The van der Waals surface area contributed by atoms with Crippen LogP contribution >= 0.6 is 0 Å². The van der Waals surface area contributed by atoms with Crippen molar-refractivity contribution < 1.29 is 9.59 Å². The average molecular weight is 273 g/mol. The summed E-state index contributed by atoms with van der Waals surface area (Å²) in [7, 11) is 0. The zero-order valence-corrected chi connectivity index (χ0v) is 10.9. The van der Waals surface area contributed by atoms with Gasteiger partial charge in [0, 0.05) is 11.8 Å². The summed E-state index contributed by atoms with van der Waals surface area (Å²) in [6.07, 6.45) is 0. The summed E-state index contributed by atoms with van der Waals surface area (Å²) < 4.78 is 0. The van der Waals surface area contributed by atoms with Crippen LogP contribution in [0.15, 0.2) is 36.4 Å². The summed E-state index contributed by atoms with van der Waals surface area (Å²) in [5.41, 5.74) is 6.57. The Balaban J connectivity index is 2.18. The Bertz CT molecular complexity index is 608.